The van der Waals surface area contributed by atoms with Crippen molar-refractivity contribution in [3.05, 3.63) is 57.9 Å². The zero-order valence-corrected chi connectivity index (χ0v) is 16.9. The molecule has 0 spiro atoms. The maximum Gasteiger partial charge on any atom is 0.185 e. The van der Waals surface area contributed by atoms with Gasteiger partial charge in [-0.05, 0) is 59.9 Å². The van der Waals surface area contributed by atoms with Crippen molar-refractivity contribution < 1.29 is 9.32 Å². The summed E-state index contributed by atoms with van der Waals surface area (Å²) in [6.45, 7) is 5.19. The molecule has 1 aliphatic heterocycles. The van der Waals surface area contributed by atoms with Gasteiger partial charge in [-0.2, -0.15) is 0 Å². The van der Waals surface area contributed by atoms with Crippen LogP contribution in [0.4, 0.5) is 0 Å². The SMILES string of the molecule is C[C@@H]1CN(CC2=CCc3cc(Cl)ccc32)C[C@H]1CC(=O)c1cc(C2CC2)on1. The largest absolute Gasteiger partial charge is 0.360 e. The van der Waals surface area contributed by atoms with Gasteiger partial charge >= 0.3 is 0 Å². The van der Waals surface area contributed by atoms with Gasteiger partial charge in [0.1, 0.15) is 11.5 Å². The minimum Gasteiger partial charge on any atom is -0.360 e. The molecule has 1 saturated heterocycles. The van der Waals surface area contributed by atoms with Crippen LogP contribution in [0.15, 0.2) is 34.9 Å². The molecule has 4 nitrogen and oxygen atoms in total. The molecule has 2 heterocycles. The van der Waals surface area contributed by atoms with Crippen LogP contribution in [0, 0.1) is 11.8 Å². The predicted molar refractivity (Wildman–Crippen MR) is 110 cm³/mol. The molecule has 0 radical (unpaired) electrons. The van der Waals surface area contributed by atoms with Crippen LogP contribution in [0.1, 0.15) is 59.5 Å². The quantitative estimate of drug-likeness (QED) is 0.645. The third-order valence-electron chi connectivity index (χ3n) is 6.46. The molecule has 0 N–H and O–H groups in total. The number of hydrogen-bond acceptors (Lipinski definition) is 4. The molecule has 1 aromatic carbocycles. The third kappa shape index (κ3) is 3.56. The van der Waals surface area contributed by atoms with Gasteiger partial charge in [-0.25, -0.2) is 0 Å². The van der Waals surface area contributed by atoms with Crippen LogP contribution in [0.3, 0.4) is 0 Å². The maximum atomic E-state index is 12.7. The average molecular weight is 397 g/mol. The van der Waals surface area contributed by atoms with E-state index in [1.54, 1.807) is 0 Å². The monoisotopic (exact) mass is 396 g/mol. The second-order valence-electron chi connectivity index (χ2n) is 8.68. The van der Waals surface area contributed by atoms with Gasteiger partial charge in [0.25, 0.3) is 0 Å². The summed E-state index contributed by atoms with van der Waals surface area (Å²) in [6.07, 6.45) is 6.15. The lowest BCUT2D eigenvalue weighted by atomic mass is 9.92. The molecule has 146 valence electrons. The van der Waals surface area contributed by atoms with Crippen LogP contribution in [0.25, 0.3) is 5.57 Å². The summed E-state index contributed by atoms with van der Waals surface area (Å²) in [5, 5.41) is 4.83. The standard InChI is InChI=1S/C23H25ClN2O2/c1-14-11-26(12-17-5-4-16-8-19(24)6-7-20(16)17)13-18(14)9-22(27)21-10-23(28-25-21)15-2-3-15/h5-8,10,14-15,18H,2-4,9,11-13H2,1H3/t14-,18-/m1/s1. The van der Waals surface area contributed by atoms with Crippen molar-refractivity contribution >= 4 is 23.0 Å². The third-order valence-corrected chi connectivity index (χ3v) is 6.70. The smallest absolute Gasteiger partial charge is 0.185 e. The van der Waals surface area contributed by atoms with Crippen LogP contribution in [-0.2, 0) is 6.42 Å². The lowest BCUT2D eigenvalue weighted by Gasteiger charge is -2.17. The normalized spacial score (nSPS) is 24.4. The summed E-state index contributed by atoms with van der Waals surface area (Å²) in [5.41, 5.74) is 4.54. The molecule has 0 bridgehead atoms. The molecular formula is C23H25ClN2O2. The fraction of sp³-hybridized carbons (Fsp3) is 0.478. The van der Waals surface area contributed by atoms with Crippen LogP contribution in [-0.4, -0.2) is 35.5 Å². The van der Waals surface area contributed by atoms with E-state index in [0.717, 1.165) is 49.7 Å². The molecule has 1 aromatic heterocycles. The number of halogens is 1. The van der Waals surface area contributed by atoms with E-state index in [4.69, 9.17) is 16.1 Å². The highest BCUT2D eigenvalue weighted by Gasteiger charge is 2.34. The van der Waals surface area contributed by atoms with Gasteiger partial charge in [-0.15, -0.1) is 0 Å². The Morgan fingerprint density at radius 2 is 2.14 bits per heavy atom. The molecule has 5 rings (SSSR count). The highest BCUT2D eigenvalue weighted by Crippen LogP contribution is 2.40. The van der Waals surface area contributed by atoms with Gasteiger partial charge in [-0.3, -0.25) is 9.69 Å². The van der Waals surface area contributed by atoms with E-state index in [1.165, 1.54) is 16.7 Å². The van der Waals surface area contributed by atoms with Crippen LogP contribution in [0.2, 0.25) is 5.02 Å². The highest BCUT2D eigenvalue weighted by atomic mass is 35.5. The number of nitrogens with zero attached hydrogens (tertiary/aromatic N) is 2. The molecule has 0 amide bonds. The minimum atomic E-state index is 0.120. The van der Waals surface area contributed by atoms with Gasteiger partial charge in [0.05, 0.1) is 0 Å². The molecule has 28 heavy (non-hydrogen) atoms. The Hall–Kier alpha value is -1.91. The first-order valence-electron chi connectivity index (χ1n) is 10.3. The number of benzene rings is 1. The van der Waals surface area contributed by atoms with E-state index in [9.17, 15) is 4.79 Å². The summed E-state index contributed by atoms with van der Waals surface area (Å²) in [6, 6.07) is 8.05. The van der Waals surface area contributed by atoms with Gasteiger partial charge in [0.2, 0.25) is 0 Å². The number of ketones is 1. The van der Waals surface area contributed by atoms with Gasteiger partial charge in [0, 0.05) is 43.1 Å². The molecule has 1 saturated carbocycles. The molecular weight excluding hydrogens is 372 g/mol. The Kier molecular flexibility index (Phi) is 4.64. The number of allylic oxidation sites excluding steroid dienone is 1. The summed E-state index contributed by atoms with van der Waals surface area (Å²) in [7, 11) is 0. The Bertz CT molecular complexity index is 944. The van der Waals surface area contributed by atoms with Crippen molar-refractivity contribution in [1.82, 2.24) is 10.1 Å². The van der Waals surface area contributed by atoms with Crippen molar-refractivity contribution in [3.8, 4) is 0 Å². The molecule has 3 aliphatic rings. The first kappa shape index (κ1) is 18.1. The van der Waals surface area contributed by atoms with Crippen molar-refractivity contribution in [2.24, 2.45) is 11.8 Å². The van der Waals surface area contributed by atoms with E-state index < -0.39 is 0 Å². The van der Waals surface area contributed by atoms with Gasteiger partial charge < -0.3 is 4.52 Å². The van der Waals surface area contributed by atoms with Crippen LogP contribution in [0.5, 0.6) is 0 Å². The second kappa shape index (κ2) is 7.16. The summed E-state index contributed by atoms with van der Waals surface area (Å²) < 4.78 is 5.35. The number of carbonyl (C=O) groups is 1. The molecule has 2 aromatic rings. The fourth-order valence-electron chi connectivity index (χ4n) is 4.64. The van der Waals surface area contributed by atoms with E-state index in [1.807, 2.05) is 12.1 Å². The number of aromatic nitrogens is 1. The molecule has 0 unspecified atom stereocenters. The first-order chi connectivity index (χ1) is 13.6. The van der Waals surface area contributed by atoms with Crippen molar-refractivity contribution in [2.75, 3.05) is 19.6 Å². The second-order valence-corrected chi connectivity index (χ2v) is 9.12. The molecule has 2 fully saturated rings. The minimum absolute atomic E-state index is 0.120. The first-order valence-corrected chi connectivity index (χ1v) is 10.6. The Morgan fingerprint density at radius 1 is 1.29 bits per heavy atom. The van der Waals surface area contributed by atoms with E-state index in [-0.39, 0.29) is 5.78 Å². The molecule has 2 aliphatic carbocycles. The fourth-order valence-corrected chi connectivity index (χ4v) is 4.83. The summed E-state index contributed by atoms with van der Waals surface area (Å²) in [5.74, 6) is 2.38. The Balaban J connectivity index is 1.20. The number of fused-ring (bicyclic) bond motifs is 1. The summed E-state index contributed by atoms with van der Waals surface area (Å²) >= 11 is 6.12. The number of rotatable bonds is 6. The topological polar surface area (TPSA) is 46.3 Å². The van der Waals surface area contributed by atoms with Gasteiger partial charge in [0.15, 0.2) is 5.78 Å². The predicted octanol–water partition coefficient (Wildman–Crippen LogP) is 4.99. The summed E-state index contributed by atoms with van der Waals surface area (Å²) in [4.78, 5) is 15.2. The molecule has 2 atom stereocenters. The number of hydrogen-bond donors (Lipinski definition) is 0. The van der Waals surface area contributed by atoms with E-state index >= 15 is 0 Å². The van der Waals surface area contributed by atoms with Gasteiger partial charge in [-0.1, -0.05) is 35.8 Å². The van der Waals surface area contributed by atoms with E-state index in [2.05, 4.69) is 35.2 Å². The van der Waals surface area contributed by atoms with Crippen LogP contribution < -0.4 is 0 Å². The van der Waals surface area contributed by atoms with Crippen molar-refractivity contribution in [2.45, 2.75) is 38.5 Å². The van der Waals surface area contributed by atoms with Crippen molar-refractivity contribution in [3.63, 3.8) is 0 Å². The van der Waals surface area contributed by atoms with E-state index in [0.29, 0.717) is 29.9 Å². The number of carbonyl (C=O) groups excluding carboxylic acids is 1. The lowest BCUT2D eigenvalue weighted by molar-refractivity contribution is 0.0946. The number of likely N-dealkylation sites (tertiary alicyclic amines) is 1. The maximum absolute atomic E-state index is 12.7. The zero-order valence-electron chi connectivity index (χ0n) is 16.2. The Morgan fingerprint density at radius 3 is 2.96 bits per heavy atom. The Labute approximate surface area is 170 Å². The number of Topliss-reactive ketones (excluding diaryl/α,β-unsaturated/α-hetero) is 1. The van der Waals surface area contributed by atoms with Crippen molar-refractivity contribution in [1.29, 1.82) is 0 Å². The van der Waals surface area contributed by atoms with Crippen LogP contribution >= 0.6 is 11.6 Å². The molecule has 5 heteroatoms. The average Bonchev–Trinajstić information content (AvgIpc) is 3.11. The lowest BCUT2D eigenvalue weighted by Crippen LogP contribution is -2.23. The zero-order chi connectivity index (χ0) is 19.3. The highest BCUT2D eigenvalue weighted by molar-refractivity contribution is 6.30.